The molecule has 1 rings (SSSR count). The first-order valence-electron chi connectivity index (χ1n) is 7.33. The van der Waals surface area contributed by atoms with Crippen molar-refractivity contribution in [3.05, 3.63) is 0 Å². The van der Waals surface area contributed by atoms with Gasteiger partial charge in [0.05, 0.1) is 13.2 Å². The molecule has 18 heavy (non-hydrogen) atoms. The van der Waals surface area contributed by atoms with Gasteiger partial charge in [0, 0.05) is 18.6 Å². The predicted octanol–water partition coefficient (Wildman–Crippen LogP) is 1.03. The molecule has 108 valence electrons. The Balaban J connectivity index is 2.24. The average molecular weight is 257 g/mol. The van der Waals surface area contributed by atoms with Gasteiger partial charge in [0.1, 0.15) is 0 Å². The van der Waals surface area contributed by atoms with Gasteiger partial charge in [0.15, 0.2) is 0 Å². The second kappa shape index (κ2) is 8.86. The minimum Gasteiger partial charge on any atom is -0.379 e. The molecule has 0 bridgehead atoms. The molecule has 0 amide bonds. The molecular formula is C14H31N3O. The first-order valence-corrected chi connectivity index (χ1v) is 7.33. The molecule has 0 aromatic rings. The van der Waals surface area contributed by atoms with E-state index < -0.39 is 0 Å². The first kappa shape index (κ1) is 15.9. The molecular weight excluding hydrogens is 226 g/mol. The van der Waals surface area contributed by atoms with Crippen LogP contribution in [-0.4, -0.2) is 75.4 Å². The van der Waals surface area contributed by atoms with Crippen LogP contribution in [0.1, 0.15) is 26.7 Å². The molecule has 0 radical (unpaired) electrons. The Hall–Kier alpha value is -0.160. The van der Waals surface area contributed by atoms with Gasteiger partial charge in [-0.3, -0.25) is 0 Å². The van der Waals surface area contributed by atoms with Gasteiger partial charge < -0.3 is 19.9 Å². The highest BCUT2D eigenvalue weighted by atomic mass is 16.5. The average Bonchev–Trinajstić information content (AvgIpc) is 2.35. The van der Waals surface area contributed by atoms with E-state index in [9.17, 15) is 0 Å². The lowest BCUT2D eigenvalue weighted by atomic mass is 10.1. The van der Waals surface area contributed by atoms with Crippen LogP contribution in [0.2, 0.25) is 0 Å². The molecule has 0 spiro atoms. The summed E-state index contributed by atoms with van der Waals surface area (Å²) in [6.45, 7) is 10.9. The third kappa shape index (κ3) is 6.14. The van der Waals surface area contributed by atoms with E-state index in [1.165, 1.54) is 25.9 Å². The van der Waals surface area contributed by atoms with Crippen molar-refractivity contribution >= 4 is 0 Å². The molecule has 0 aromatic heterocycles. The van der Waals surface area contributed by atoms with Gasteiger partial charge in [0.25, 0.3) is 0 Å². The zero-order chi connectivity index (χ0) is 13.4. The van der Waals surface area contributed by atoms with Crippen LogP contribution < -0.4 is 5.32 Å². The fraction of sp³-hybridized carbons (Fsp3) is 1.00. The Morgan fingerprint density at radius 3 is 2.67 bits per heavy atom. The van der Waals surface area contributed by atoms with E-state index in [0.717, 1.165) is 26.3 Å². The number of ether oxygens (including phenoxy) is 1. The van der Waals surface area contributed by atoms with Crippen LogP contribution in [0.3, 0.4) is 0 Å². The standard InChI is InChI=1S/C14H31N3O/c1-5-17(9-6-8-16(3)4)13(2)11-14-12-18-10-7-15-14/h13-15H,5-12H2,1-4H3. The van der Waals surface area contributed by atoms with E-state index in [1.54, 1.807) is 0 Å². The Morgan fingerprint density at radius 1 is 1.33 bits per heavy atom. The molecule has 0 saturated carbocycles. The third-order valence-corrected chi connectivity index (χ3v) is 3.70. The van der Waals surface area contributed by atoms with Crippen molar-refractivity contribution in [1.82, 2.24) is 15.1 Å². The van der Waals surface area contributed by atoms with Crippen molar-refractivity contribution in [3.8, 4) is 0 Å². The molecule has 2 unspecified atom stereocenters. The Labute approximate surface area is 113 Å². The minimum absolute atomic E-state index is 0.539. The quantitative estimate of drug-likeness (QED) is 0.703. The highest BCUT2D eigenvalue weighted by molar-refractivity contribution is 4.77. The van der Waals surface area contributed by atoms with Crippen molar-refractivity contribution in [1.29, 1.82) is 0 Å². The Morgan fingerprint density at radius 2 is 2.11 bits per heavy atom. The monoisotopic (exact) mass is 257 g/mol. The molecule has 1 saturated heterocycles. The van der Waals surface area contributed by atoms with Gasteiger partial charge in [-0.15, -0.1) is 0 Å². The summed E-state index contributed by atoms with van der Waals surface area (Å²) in [4.78, 5) is 4.84. The van der Waals surface area contributed by atoms with Crippen LogP contribution in [0, 0.1) is 0 Å². The second-order valence-electron chi connectivity index (χ2n) is 5.60. The summed E-state index contributed by atoms with van der Waals surface area (Å²) in [7, 11) is 4.28. The molecule has 4 nitrogen and oxygen atoms in total. The van der Waals surface area contributed by atoms with E-state index in [-0.39, 0.29) is 0 Å². The number of nitrogens with zero attached hydrogens (tertiary/aromatic N) is 2. The molecule has 1 heterocycles. The van der Waals surface area contributed by atoms with Gasteiger partial charge in [-0.25, -0.2) is 0 Å². The number of morpholine rings is 1. The highest BCUT2D eigenvalue weighted by Crippen LogP contribution is 2.09. The summed E-state index contributed by atoms with van der Waals surface area (Å²) in [6.07, 6.45) is 2.44. The molecule has 4 heteroatoms. The van der Waals surface area contributed by atoms with Gasteiger partial charge in [-0.2, -0.15) is 0 Å². The molecule has 1 aliphatic heterocycles. The van der Waals surface area contributed by atoms with Crippen LogP contribution in [0.15, 0.2) is 0 Å². The largest absolute Gasteiger partial charge is 0.379 e. The van der Waals surface area contributed by atoms with E-state index in [2.05, 4.69) is 43.1 Å². The molecule has 0 aromatic carbocycles. The number of hydrogen-bond donors (Lipinski definition) is 1. The smallest absolute Gasteiger partial charge is 0.0620 e. The number of rotatable bonds is 8. The van der Waals surface area contributed by atoms with Gasteiger partial charge in [-0.05, 0) is 53.5 Å². The van der Waals surface area contributed by atoms with Crippen molar-refractivity contribution < 1.29 is 4.74 Å². The van der Waals surface area contributed by atoms with Crippen molar-refractivity contribution in [2.75, 3.05) is 53.5 Å². The van der Waals surface area contributed by atoms with E-state index in [0.29, 0.717) is 12.1 Å². The molecule has 1 aliphatic rings. The zero-order valence-corrected chi connectivity index (χ0v) is 12.6. The normalized spacial score (nSPS) is 22.7. The predicted molar refractivity (Wildman–Crippen MR) is 77.1 cm³/mol. The van der Waals surface area contributed by atoms with E-state index in [1.807, 2.05) is 0 Å². The fourth-order valence-electron chi connectivity index (χ4n) is 2.61. The Bertz CT molecular complexity index is 205. The van der Waals surface area contributed by atoms with E-state index >= 15 is 0 Å². The Kier molecular flexibility index (Phi) is 7.82. The molecule has 1 N–H and O–H groups in total. The van der Waals surface area contributed by atoms with Crippen LogP contribution in [0.5, 0.6) is 0 Å². The maximum atomic E-state index is 5.52. The lowest BCUT2D eigenvalue weighted by molar-refractivity contribution is 0.0621. The summed E-state index contributed by atoms with van der Waals surface area (Å²) in [6, 6.07) is 1.17. The first-order chi connectivity index (χ1) is 8.63. The fourth-order valence-corrected chi connectivity index (χ4v) is 2.61. The topological polar surface area (TPSA) is 27.7 Å². The van der Waals surface area contributed by atoms with Crippen LogP contribution >= 0.6 is 0 Å². The number of hydrogen-bond acceptors (Lipinski definition) is 4. The summed E-state index contributed by atoms with van der Waals surface area (Å²) in [5.41, 5.74) is 0. The van der Waals surface area contributed by atoms with Crippen LogP contribution in [0.25, 0.3) is 0 Å². The van der Waals surface area contributed by atoms with Crippen molar-refractivity contribution in [2.24, 2.45) is 0 Å². The minimum atomic E-state index is 0.539. The maximum Gasteiger partial charge on any atom is 0.0620 e. The molecule has 0 aliphatic carbocycles. The lowest BCUT2D eigenvalue weighted by Crippen LogP contribution is -2.46. The molecule has 1 fully saturated rings. The SMILES string of the molecule is CCN(CCCN(C)C)C(C)CC1COCCN1. The summed E-state index contributed by atoms with van der Waals surface area (Å²) in [5.74, 6) is 0. The third-order valence-electron chi connectivity index (χ3n) is 3.70. The summed E-state index contributed by atoms with van der Waals surface area (Å²) < 4.78 is 5.52. The van der Waals surface area contributed by atoms with Gasteiger partial charge >= 0.3 is 0 Å². The van der Waals surface area contributed by atoms with E-state index in [4.69, 9.17) is 4.74 Å². The number of nitrogens with one attached hydrogen (secondary N) is 1. The van der Waals surface area contributed by atoms with Gasteiger partial charge in [-0.1, -0.05) is 6.92 Å². The van der Waals surface area contributed by atoms with Crippen LogP contribution in [-0.2, 0) is 4.74 Å². The van der Waals surface area contributed by atoms with Crippen LogP contribution in [0.4, 0.5) is 0 Å². The second-order valence-corrected chi connectivity index (χ2v) is 5.60. The van der Waals surface area contributed by atoms with Crippen molar-refractivity contribution in [2.45, 2.75) is 38.8 Å². The lowest BCUT2D eigenvalue weighted by Gasteiger charge is -2.33. The summed E-state index contributed by atoms with van der Waals surface area (Å²) in [5, 5.41) is 3.54. The van der Waals surface area contributed by atoms with Gasteiger partial charge in [0.2, 0.25) is 0 Å². The van der Waals surface area contributed by atoms with Crippen molar-refractivity contribution in [3.63, 3.8) is 0 Å². The zero-order valence-electron chi connectivity index (χ0n) is 12.6. The molecule has 2 atom stereocenters. The maximum absolute atomic E-state index is 5.52. The summed E-state index contributed by atoms with van der Waals surface area (Å²) >= 11 is 0. The highest BCUT2D eigenvalue weighted by Gasteiger charge is 2.19.